The van der Waals surface area contributed by atoms with Gasteiger partial charge in [-0.15, -0.1) is 0 Å². The highest BCUT2D eigenvalue weighted by Gasteiger charge is 1.96. The van der Waals surface area contributed by atoms with Gasteiger partial charge in [0.15, 0.2) is 0 Å². The molecule has 1 unspecified atom stereocenters. The average Bonchev–Trinajstić information content (AvgIpc) is 1.89. The highest BCUT2D eigenvalue weighted by Crippen LogP contribution is 1.84. The number of aliphatic hydroxyl groups is 1. The van der Waals surface area contributed by atoms with E-state index in [1.807, 2.05) is 6.92 Å². The first-order valence-electron chi connectivity index (χ1n) is 3.13. The maximum Gasteiger partial charge on any atom is 0.133 e. The van der Waals surface area contributed by atoms with Crippen molar-refractivity contribution in [2.45, 2.75) is 19.4 Å². The summed E-state index contributed by atoms with van der Waals surface area (Å²) in [6.45, 7) is 2.74. The van der Waals surface area contributed by atoms with Gasteiger partial charge in [-0.3, -0.25) is 0 Å². The van der Waals surface area contributed by atoms with Crippen LogP contribution in [0.2, 0.25) is 0 Å². The predicted octanol–water partition coefficient (Wildman–Crippen LogP) is -0.454. The zero-order valence-electron chi connectivity index (χ0n) is 5.63. The fourth-order valence-corrected chi connectivity index (χ4v) is 0.453. The summed E-state index contributed by atoms with van der Waals surface area (Å²) in [5.41, 5.74) is 0. The van der Waals surface area contributed by atoms with E-state index in [4.69, 9.17) is 5.11 Å². The number of carbonyl (C=O) groups excluding carboxylic acids is 1. The van der Waals surface area contributed by atoms with Crippen LogP contribution in [0.5, 0.6) is 0 Å². The normalized spacial score (nSPS) is 13.1. The average molecular weight is 131 g/mol. The molecule has 2 N–H and O–H groups in total. The van der Waals surface area contributed by atoms with Gasteiger partial charge in [0.25, 0.3) is 0 Å². The molecule has 54 valence electrons. The standard InChI is InChI=1S/C6H13NO2/c1-2-6(9)5-7-3-4-8/h4,6-7,9H,2-3,5H2,1H3. The molecule has 0 saturated carbocycles. The van der Waals surface area contributed by atoms with Crippen LogP contribution in [0, 0.1) is 0 Å². The monoisotopic (exact) mass is 131 g/mol. The third kappa shape index (κ3) is 5.46. The smallest absolute Gasteiger partial charge is 0.133 e. The maximum atomic E-state index is 9.73. The number of carbonyl (C=O) groups is 1. The van der Waals surface area contributed by atoms with Crippen LogP contribution in [0.25, 0.3) is 0 Å². The van der Waals surface area contributed by atoms with Crippen LogP contribution < -0.4 is 5.32 Å². The lowest BCUT2D eigenvalue weighted by Crippen LogP contribution is -2.27. The Morgan fingerprint density at radius 1 is 1.78 bits per heavy atom. The van der Waals surface area contributed by atoms with Crippen molar-refractivity contribution in [1.82, 2.24) is 5.32 Å². The Labute approximate surface area is 55.1 Å². The number of nitrogens with one attached hydrogen (secondary N) is 1. The van der Waals surface area contributed by atoms with E-state index in [-0.39, 0.29) is 6.10 Å². The molecule has 0 aliphatic carbocycles. The molecule has 0 fully saturated rings. The van der Waals surface area contributed by atoms with Crippen molar-refractivity contribution < 1.29 is 9.90 Å². The molecule has 0 aromatic carbocycles. The number of rotatable bonds is 5. The van der Waals surface area contributed by atoms with E-state index < -0.39 is 0 Å². The van der Waals surface area contributed by atoms with Crippen LogP contribution in [-0.4, -0.2) is 30.6 Å². The number of hydrogen-bond donors (Lipinski definition) is 2. The fraction of sp³-hybridized carbons (Fsp3) is 0.833. The molecule has 0 aromatic rings. The molecule has 0 aliphatic rings. The first-order chi connectivity index (χ1) is 4.31. The largest absolute Gasteiger partial charge is 0.392 e. The highest BCUT2D eigenvalue weighted by molar-refractivity contribution is 5.51. The Morgan fingerprint density at radius 3 is 2.89 bits per heavy atom. The Kier molecular flexibility index (Phi) is 5.46. The van der Waals surface area contributed by atoms with Gasteiger partial charge in [0.2, 0.25) is 0 Å². The van der Waals surface area contributed by atoms with Crippen molar-refractivity contribution in [2.24, 2.45) is 0 Å². The van der Waals surface area contributed by atoms with Crippen molar-refractivity contribution in [3.63, 3.8) is 0 Å². The van der Waals surface area contributed by atoms with E-state index in [0.29, 0.717) is 13.1 Å². The summed E-state index contributed by atoms with van der Waals surface area (Å²) in [7, 11) is 0. The van der Waals surface area contributed by atoms with Gasteiger partial charge in [0.1, 0.15) is 6.29 Å². The molecule has 9 heavy (non-hydrogen) atoms. The summed E-state index contributed by atoms with van der Waals surface area (Å²) >= 11 is 0. The number of aliphatic hydroxyl groups excluding tert-OH is 1. The topological polar surface area (TPSA) is 49.3 Å². The minimum Gasteiger partial charge on any atom is -0.392 e. The molecule has 0 heterocycles. The van der Waals surface area contributed by atoms with E-state index in [1.54, 1.807) is 0 Å². The minimum absolute atomic E-state index is 0.315. The third-order valence-electron chi connectivity index (χ3n) is 1.08. The zero-order chi connectivity index (χ0) is 7.11. The Morgan fingerprint density at radius 2 is 2.44 bits per heavy atom. The van der Waals surface area contributed by atoms with Crippen molar-refractivity contribution >= 4 is 6.29 Å². The summed E-state index contributed by atoms with van der Waals surface area (Å²) in [4.78, 5) is 9.73. The molecule has 0 radical (unpaired) electrons. The maximum absolute atomic E-state index is 9.73. The predicted molar refractivity (Wildman–Crippen MR) is 35.2 cm³/mol. The van der Waals surface area contributed by atoms with E-state index >= 15 is 0 Å². The van der Waals surface area contributed by atoms with E-state index in [9.17, 15) is 4.79 Å². The van der Waals surface area contributed by atoms with Gasteiger partial charge in [-0.25, -0.2) is 0 Å². The van der Waals surface area contributed by atoms with Crippen LogP contribution >= 0.6 is 0 Å². The van der Waals surface area contributed by atoms with Gasteiger partial charge in [-0.2, -0.15) is 0 Å². The van der Waals surface area contributed by atoms with Crippen molar-refractivity contribution in [3.8, 4) is 0 Å². The lowest BCUT2D eigenvalue weighted by molar-refractivity contribution is -0.107. The van der Waals surface area contributed by atoms with E-state index in [1.165, 1.54) is 0 Å². The van der Waals surface area contributed by atoms with Crippen LogP contribution in [0.4, 0.5) is 0 Å². The summed E-state index contributed by atoms with van der Waals surface area (Å²) in [6.07, 6.45) is 1.19. The molecule has 0 bridgehead atoms. The van der Waals surface area contributed by atoms with E-state index in [0.717, 1.165) is 12.7 Å². The van der Waals surface area contributed by atoms with Gasteiger partial charge in [-0.1, -0.05) is 6.92 Å². The number of hydrogen-bond acceptors (Lipinski definition) is 3. The number of aldehydes is 1. The van der Waals surface area contributed by atoms with Crippen LogP contribution in [0.1, 0.15) is 13.3 Å². The molecule has 0 rings (SSSR count). The SMILES string of the molecule is CCC(O)CNCC=O. The summed E-state index contributed by atoms with van der Waals surface area (Å²) in [6, 6.07) is 0. The van der Waals surface area contributed by atoms with E-state index in [2.05, 4.69) is 5.32 Å². The Balaban J connectivity index is 2.96. The molecule has 0 spiro atoms. The van der Waals surface area contributed by atoms with Gasteiger partial charge in [-0.05, 0) is 6.42 Å². The fourth-order valence-electron chi connectivity index (χ4n) is 0.453. The Hall–Kier alpha value is -0.410. The third-order valence-corrected chi connectivity index (χ3v) is 1.08. The molecule has 0 aliphatic heterocycles. The second-order valence-electron chi connectivity index (χ2n) is 1.89. The molecule has 0 aromatic heterocycles. The lowest BCUT2D eigenvalue weighted by Gasteiger charge is -2.05. The molecule has 1 atom stereocenters. The Bertz CT molecular complexity index is 75.5. The second kappa shape index (κ2) is 5.72. The lowest BCUT2D eigenvalue weighted by atomic mass is 10.3. The van der Waals surface area contributed by atoms with Gasteiger partial charge in [0, 0.05) is 6.54 Å². The molecule has 3 nitrogen and oxygen atoms in total. The molecular formula is C6H13NO2. The molecular weight excluding hydrogens is 118 g/mol. The van der Waals surface area contributed by atoms with Gasteiger partial charge < -0.3 is 15.2 Å². The first kappa shape index (κ1) is 8.59. The molecule has 0 amide bonds. The van der Waals surface area contributed by atoms with Crippen molar-refractivity contribution in [2.75, 3.05) is 13.1 Å². The minimum atomic E-state index is -0.315. The van der Waals surface area contributed by atoms with Gasteiger partial charge in [0.05, 0.1) is 12.6 Å². The van der Waals surface area contributed by atoms with Crippen LogP contribution in [-0.2, 0) is 4.79 Å². The summed E-state index contributed by atoms with van der Waals surface area (Å²) in [5.74, 6) is 0. The highest BCUT2D eigenvalue weighted by atomic mass is 16.3. The zero-order valence-corrected chi connectivity index (χ0v) is 5.63. The summed E-state index contributed by atoms with van der Waals surface area (Å²) < 4.78 is 0. The van der Waals surface area contributed by atoms with Crippen molar-refractivity contribution in [1.29, 1.82) is 0 Å². The summed E-state index contributed by atoms with van der Waals surface area (Å²) in [5, 5.41) is 11.7. The quantitative estimate of drug-likeness (QED) is 0.392. The molecule has 3 heteroatoms. The second-order valence-corrected chi connectivity index (χ2v) is 1.89. The van der Waals surface area contributed by atoms with Crippen molar-refractivity contribution in [3.05, 3.63) is 0 Å². The van der Waals surface area contributed by atoms with Gasteiger partial charge >= 0.3 is 0 Å². The van der Waals surface area contributed by atoms with Crippen LogP contribution in [0.15, 0.2) is 0 Å². The first-order valence-corrected chi connectivity index (χ1v) is 3.13. The van der Waals surface area contributed by atoms with Crippen LogP contribution in [0.3, 0.4) is 0 Å². The molecule has 0 saturated heterocycles.